The van der Waals surface area contributed by atoms with E-state index in [1.54, 1.807) is 6.07 Å². The molecule has 2 aromatic carbocycles. The molecule has 22 heavy (non-hydrogen) atoms. The molecule has 112 valence electrons. The lowest BCUT2D eigenvalue weighted by molar-refractivity contribution is 0.603. The highest BCUT2D eigenvalue weighted by Gasteiger charge is 2.21. The first kappa shape index (κ1) is 16.3. The van der Waals surface area contributed by atoms with Gasteiger partial charge in [-0.3, -0.25) is 0 Å². The van der Waals surface area contributed by atoms with E-state index < -0.39 is 9.84 Å². The second kappa shape index (κ2) is 6.35. The van der Waals surface area contributed by atoms with Crippen molar-refractivity contribution in [1.29, 1.82) is 5.26 Å². The Hall–Kier alpha value is -2.09. The summed E-state index contributed by atoms with van der Waals surface area (Å²) in [6.07, 6.45) is 1.41. The number of hydrogen-bond acceptors (Lipinski definition) is 3. The van der Waals surface area contributed by atoms with E-state index in [4.69, 9.17) is 11.6 Å². The highest BCUT2D eigenvalue weighted by molar-refractivity contribution is 7.95. The van der Waals surface area contributed by atoms with Gasteiger partial charge < -0.3 is 0 Å². The lowest BCUT2D eigenvalue weighted by Crippen LogP contribution is -2.03. The fourth-order valence-corrected chi connectivity index (χ4v) is 3.24. The van der Waals surface area contributed by atoms with Gasteiger partial charge in [-0.05, 0) is 55.3 Å². The van der Waals surface area contributed by atoms with Crippen LogP contribution in [-0.4, -0.2) is 8.42 Å². The van der Waals surface area contributed by atoms with E-state index in [0.29, 0.717) is 10.6 Å². The number of halogens is 1. The highest BCUT2D eigenvalue weighted by atomic mass is 35.5. The van der Waals surface area contributed by atoms with Gasteiger partial charge in [0.2, 0.25) is 9.84 Å². The number of nitriles is 1. The van der Waals surface area contributed by atoms with Crippen molar-refractivity contribution in [3.05, 3.63) is 69.1 Å². The van der Waals surface area contributed by atoms with E-state index in [2.05, 4.69) is 0 Å². The van der Waals surface area contributed by atoms with E-state index in [1.165, 1.54) is 30.3 Å². The smallest absolute Gasteiger partial charge is 0.216 e. The molecule has 2 rings (SSSR count). The molecule has 0 heterocycles. The fraction of sp³-hybridized carbons (Fsp3) is 0.118. The van der Waals surface area contributed by atoms with Crippen molar-refractivity contribution in [3.63, 3.8) is 0 Å². The molecule has 2 aromatic rings. The molecule has 0 radical (unpaired) electrons. The maximum Gasteiger partial charge on any atom is 0.216 e. The van der Waals surface area contributed by atoms with Crippen molar-refractivity contribution in [1.82, 2.24) is 0 Å². The third-order valence-electron chi connectivity index (χ3n) is 3.24. The molecular formula is C17H14ClNO2S. The summed E-state index contributed by atoms with van der Waals surface area (Å²) in [5, 5.41) is 9.72. The van der Waals surface area contributed by atoms with Crippen LogP contribution in [0.25, 0.3) is 6.08 Å². The van der Waals surface area contributed by atoms with Crippen LogP contribution in [0.3, 0.4) is 0 Å². The van der Waals surface area contributed by atoms with Crippen LogP contribution in [0.2, 0.25) is 5.02 Å². The molecule has 0 saturated carbocycles. The first-order chi connectivity index (χ1) is 10.3. The quantitative estimate of drug-likeness (QED) is 0.788. The topological polar surface area (TPSA) is 57.9 Å². The number of sulfone groups is 1. The van der Waals surface area contributed by atoms with Crippen LogP contribution < -0.4 is 0 Å². The molecule has 0 aliphatic rings. The molecule has 0 aromatic heterocycles. The predicted octanol–water partition coefficient (Wildman–Crippen LogP) is 4.30. The Balaban J connectivity index is 2.56. The zero-order valence-corrected chi connectivity index (χ0v) is 13.7. The van der Waals surface area contributed by atoms with E-state index in [0.717, 1.165) is 11.1 Å². The van der Waals surface area contributed by atoms with E-state index in [-0.39, 0.29) is 9.80 Å². The van der Waals surface area contributed by atoms with Gasteiger partial charge in [-0.1, -0.05) is 35.4 Å². The second-order valence-corrected chi connectivity index (χ2v) is 7.29. The Bertz CT molecular complexity index is 876. The summed E-state index contributed by atoms with van der Waals surface area (Å²) in [6.45, 7) is 3.78. The standard InChI is InChI=1S/C17H14ClNO2S/c1-12-3-4-13(2)14(9-12)10-17(11-19)22(20,21)16-7-5-15(18)6-8-16/h3-10H,1-2H3/b17-10+. The monoisotopic (exact) mass is 331 g/mol. The van der Waals surface area contributed by atoms with Gasteiger partial charge in [-0.2, -0.15) is 5.26 Å². The summed E-state index contributed by atoms with van der Waals surface area (Å²) in [5.74, 6) is 0. The summed E-state index contributed by atoms with van der Waals surface area (Å²) in [6, 6.07) is 13.2. The Labute approximate surface area is 135 Å². The molecule has 0 atom stereocenters. The molecule has 3 nitrogen and oxygen atoms in total. The van der Waals surface area contributed by atoms with Gasteiger partial charge in [-0.25, -0.2) is 8.42 Å². The van der Waals surface area contributed by atoms with Gasteiger partial charge in [0.1, 0.15) is 11.0 Å². The average Bonchev–Trinajstić information content (AvgIpc) is 2.48. The molecule has 5 heteroatoms. The number of aryl methyl sites for hydroxylation is 2. The molecule has 0 aliphatic heterocycles. The minimum Gasteiger partial charge on any atom is -0.218 e. The van der Waals surface area contributed by atoms with Gasteiger partial charge >= 0.3 is 0 Å². The van der Waals surface area contributed by atoms with Crippen molar-refractivity contribution in [2.24, 2.45) is 0 Å². The Morgan fingerprint density at radius 1 is 1.14 bits per heavy atom. The van der Waals surface area contributed by atoms with Crippen molar-refractivity contribution in [2.45, 2.75) is 18.7 Å². The third kappa shape index (κ3) is 3.38. The molecule has 0 aliphatic carbocycles. The lowest BCUT2D eigenvalue weighted by Gasteiger charge is -2.06. The summed E-state index contributed by atoms with van der Waals surface area (Å²) in [5.41, 5.74) is 2.62. The van der Waals surface area contributed by atoms with Crippen LogP contribution in [0.1, 0.15) is 16.7 Å². The van der Waals surface area contributed by atoms with Crippen molar-refractivity contribution < 1.29 is 8.42 Å². The number of benzene rings is 2. The Kier molecular flexibility index (Phi) is 4.70. The zero-order valence-electron chi connectivity index (χ0n) is 12.2. The summed E-state index contributed by atoms with van der Waals surface area (Å²) >= 11 is 5.77. The van der Waals surface area contributed by atoms with Crippen LogP contribution in [0.4, 0.5) is 0 Å². The van der Waals surface area contributed by atoms with Gasteiger partial charge in [0.25, 0.3) is 0 Å². The van der Waals surface area contributed by atoms with Gasteiger partial charge in [0, 0.05) is 5.02 Å². The number of allylic oxidation sites excluding steroid dienone is 1. The first-order valence-corrected chi connectivity index (χ1v) is 8.40. The first-order valence-electron chi connectivity index (χ1n) is 6.54. The Morgan fingerprint density at radius 3 is 2.36 bits per heavy atom. The minimum atomic E-state index is -3.85. The maximum absolute atomic E-state index is 12.5. The predicted molar refractivity (Wildman–Crippen MR) is 88.1 cm³/mol. The number of rotatable bonds is 3. The molecule has 0 N–H and O–H groups in total. The van der Waals surface area contributed by atoms with Gasteiger partial charge in [0.15, 0.2) is 0 Å². The SMILES string of the molecule is Cc1ccc(C)c(/C=C(\C#N)S(=O)(=O)c2ccc(Cl)cc2)c1. The maximum atomic E-state index is 12.5. The van der Waals surface area contributed by atoms with E-state index in [1.807, 2.05) is 32.0 Å². The lowest BCUT2D eigenvalue weighted by atomic mass is 10.1. The number of hydrogen-bond donors (Lipinski definition) is 0. The molecule has 0 amide bonds. The normalized spacial score (nSPS) is 12.0. The summed E-state index contributed by atoms with van der Waals surface area (Å²) in [7, 11) is -3.85. The molecule has 0 unspecified atom stereocenters. The van der Waals surface area contributed by atoms with Crippen molar-refractivity contribution in [3.8, 4) is 6.07 Å². The van der Waals surface area contributed by atoms with Crippen LogP contribution in [-0.2, 0) is 9.84 Å². The molecular weight excluding hydrogens is 318 g/mol. The average molecular weight is 332 g/mol. The third-order valence-corrected chi connectivity index (χ3v) is 5.18. The van der Waals surface area contributed by atoms with Gasteiger partial charge in [-0.15, -0.1) is 0 Å². The fourth-order valence-electron chi connectivity index (χ4n) is 1.97. The summed E-state index contributed by atoms with van der Waals surface area (Å²) < 4.78 is 25.1. The minimum absolute atomic E-state index is 0.0509. The second-order valence-electron chi connectivity index (χ2n) is 4.94. The largest absolute Gasteiger partial charge is 0.218 e. The number of nitrogens with zero attached hydrogens (tertiary/aromatic N) is 1. The van der Waals surface area contributed by atoms with E-state index >= 15 is 0 Å². The van der Waals surface area contributed by atoms with E-state index in [9.17, 15) is 13.7 Å². The molecule has 0 fully saturated rings. The van der Waals surface area contributed by atoms with Gasteiger partial charge in [0.05, 0.1) is 4.90 Å². The molecule has 0 saturated heterocycles. The van der Waals surface area contributed by atoms with Crippen LogP contribution >= 0.6 is 11.6 Å². The Morgan fingerprint density at radius 2 is 1.77 bits per heavy atom. The summed E-state index contributed by atoms with van der Waals surface area (Å²) in [4.78, 5) is -0.237. The molecule has 0 bridgehead atoms. The zero-order chi connectivity index (χ0) is 16.3. The van der Waals surface area contributed by atoms with Crippen LogP contribution in [0.15, 0.2) is 52.3 Å². The van der Waals surface area contributed by atoms with Crippen LogP contribution in [0.5, 0.6) is 0 Å². The van der Waals surface area contributed by atoms with Crippen LogP contribution in [0, 0.1) is 25.2 Å². The van der Waals surface area contributed by atoms with Crippen molar-refractivity contribution >= 4 is 27.5 Å². The molecule has 0 spiro atoms. The highest BCUT2D eigenvalue weighted by Crippen LogP contribution is 2.24. The van der Waals surface area contributed by atoms with Crippen molar-refractivity contribution in [2.75, 3.05) is 0 Å².